The zero-order valence-corrected chi connectivity index (χ0v) is 18.4. The second-order valence-electron chi connectivity index (χ2n) is 8.03. The van der Waals surface area contributed by atoms with Gasteiger partial charge in [0.1, 0.15) is 11.4 Å². The first kappa shape index (κ1) is 24.6. The molecule has 0 atom stereocenters. The van der Waals surface area contributed by atoms with Gasteiger partial charge in [-0.05, 0) is 62.2 Å². The molecule has 2 aromatic rings. The number of carbonyl (C=O) groups is 3. The Morgan fingerprint density at radius 3 is 2.41 bits per heavy atom. The van der Waals surface area contributed by atoms with Crippen molar-refractivity contribution in [2.24, 2.45) is 0 Å². The number of nitrogens with one attached hydrogen (secondary N) is 3. The van der Waals surface area contributed by atoms with Gasteiger partial charge in [0.25, 0.3) is 0 Å². The number of benzene rings is 2. The standard InChI is InChI=1S/C24H28FN3O4/c1-24(2,3)32-23(31)26-14-13-21(29)27-16-18-7-10-20(11-8-18)28-22(30)12-9-17-5-4-6-19(25)15-17/h4-12,15H,13-14,16H2,1-3H3,(H,26,31)(H,27,29)(H,28,30)/b12-9+. The van der Waals surface area contributed by atoms with Crippen molar-refractivity contribution in [3.63, 3.8) is 0 Å². The van der Waals surface area contributed by atoms with Crippen LogP contribution in [0.5, 0.6) is 0 Å². The molecule has 0 aliphatic heterocycles. The Morgan fingerprint density at radius 1 is 1.03 bits per heavy atom. The molecule has 0 aliphatic rings. The number of ether oxygens (including phenoxy) is 1. The van der Waals surface area contributed by atoms with Crippen molar-refractivity contribution in [2.45, 2.75) is 39.3 Å². The second-order valence-corrected chi connectivity index (χ2v) is 8.03. The first-order valence-corrected chi connectivity index (χ1v) is 10.2. The maximum Gasteiger partial charge on any atom is 0.407 e. The van der Waals surface area contributed by atoms with Crippen LogP contribution >= 0.6 is 0 Å². The minimum atomic E-state index is -0.588. The minimum Gasteiger partial charge on any atom is -0.444 e. The zero-order chi connectivity index (χ0) is 23.6. The normalized spacial score (nSPS) is 11.1. The Labute approximate surface area is 187 Å². The van der Waals surface area contributed by atoms with E-state index >= 15 is 0 Å². The first-order chi connectivity index (χ1) is 15.1. The van der Waals surface area contributed by atoms with Gasteiger partial charge >= 0.3 is 6.09 Å². The van der Waals surface area contributed by atoms with Crippen molar-refractivity contribution >= 4 is 29.7 Å². The lowest BCUT2D eigenvalue weighted by Gasteiger charge is -2.19. The summed E-state index contributed by atoms with van der Waals surface area (Å²) >= 11 is 0. The van der Waals surface area contributed by atoms with Crippen LogP contribution in [-0.2, 0) is 20.9 Å². The SMILES string of the molecule is CC(C)(C)OC(=O)NCCC(=O)NCc1ccc(NC(=O)/C=C/c2cccc(F)c2)cc1. The molecule has 0 saturated heterocycles. The van der Waals surface area contributed by atoms with Gasteiger partial charge in [0.05, 0.1) is 0 Å². The molecule has 7 nitrogen and oxygen atoms in total. The summed E-state index contributed by atoms with van der Waals surface area (Å²) in [4.78, 5) is 35.5. The van der Waals surface area contributed by atoms with Crippen LogP contribution in [0.25, 0.3) is 6.08 Å². The van der Waals surface area contributed by atoms with Gasteiger partial charge in [-0.3, -0.25) is 9.59 Å². The number of alkyl carbamates (subject to hydrolysis) is 1. The molecule has 170 valence electrons. The van der Waals surface area contributed by atoms with Crippen molar-refractivity contribution in [3.8, 4) is 0 Å². The summed E-state index contributed by atoms with van der Waals surface area (Å²) in [5.41, 5.74) is 1.45. The topological polar surface area (TPSA) is 96.5 Å². The number of hydrogen-bond donors (Lipinski definition) is 3. The highest BCUT2D eigenvalue weighted by atomic mass is 19.1. The van der Waals surface area contributed by atoms with Crippen molar-refractivity contribution in [2.75, 3.05) is 11.9 Å². The quantitative estimate of drug-likeness (QED) is 0.540. The third kappa shape index (κ3) is 9.88. The summed E-state index contributed by atoms with van der Waals surface area (Å²) in [6.45, 7) is 5.78. The Balaban J connectivity index is 1.71. The average Bonchev–Trinajstić information content (AvgIpc) is 2.70. The van der Waals surface area contributed by atoms with Gasteiger partial charge in [-0.1, -0.05) is 24.3 Å². The molecule has 0 spiro atoms. The number of hydrogen-bond acceptors (Lipinski definition) is 4. The molecule has 3 N–H and O–H groups in total. The molecule has 8 heteroatoms. The van der Waals surface area contributed by atoms with Gasteiger partial charge in [0.15, 0.2) is 0 Å². The molecule has 32 heavy (non-hydrogen) atoms. The van der Waals surface area contributed by atoms with Crippen LogP contribution in [0.1, 0.15) is 38.3 Å². The fourth-order valence-electron chi connectivity index (χ4n) is 2.55. The largest absolute Gasteiger partial charge is 0.444 e. The van der Waals surface area contributed by atoms with Crippen LogP contribution in [0.2, 0.25) is 0 Å². The van der Waals surface area contributed by atoms with Crippen LogP contribution in [0.15, 0.2) is 54.6 Å². The molecule has 0 saturated carbocycles. The Hall–Kier alpha value is -3.68. The van der Waals surface area contributed by atoms with E-state index in [4.69, 9.17) is 4.74 Å². The van der Waals surface area contributed by atoms with Crippen LogP contribution in [0.3, 0.4) is 0 Å². The van der Waals surface area contributed by atoms with E-state index in [0.717, 1.165) is 5.56 Å². The fraction of sp³-hybridized carbons (Fsp3) is 0.292. The average molecular weight is 442 g/mol. The van der Waals surface area contributed by atoms with Crippen LogP contribution in [-0.4, -0.2) is 30.1 Å². The molecular weight excluding hydrogens is 413 g/mol. The van der Waals surface area contributed by atoms with Gasteiger partial charge < -0.3 is 20.7 Å². The lowest BCUT2D eigenvalue weighted by atomic mass is 10.2. The van der Waals surface area contributed by atoms with E-state index in [1.807, 2.05) is 0 Å². The molecule has 0 radical (unpaired) electrons. The van der Waals surface area contributed by atoms with Crippen molar-refractivity contribution < 1.29 is 23.5 Å². The summed E-state index contributed by atoms with van der Waals surface area (Å²) in [5, 5.41) is 8.01. The molecule has 0 heterocycles. The van der Waals surface area contributed by atoms with E-state index in [1.165, 1.54) is 24.3 Å². The summed E-state index contributed by atoms with van der Waals surface area (Å²) in [5.74, 6) is -0.914. The maximum atomic E-state index is 13.2. The van der Waals surface area contributed by atoms with E-state index in [9.17, 15) is 18.8 Å². The van der Waals surface area contributed by atoms with Gasteiger partial charge in [-0.15, -0.1) is 0 Å². The summed E-state index contributed by atoms with van der Waals surface area (Å²) in [6.07, 6.45) is 2.42. The second kappa shape index (κ2) is 11.6. The molecule has 2 rings (SSSR count). The molecule has 3 amide bonds. The molecule has 0 bridgehead atoms. The van der Waals surface area contributed by atoms with Crippen molar-refractivity contribution in [1.82, 2.24) is 10.6 Å². The first-order valence-electron chi connectivity index (χ1n) is 10.2. The number of anilines is 1. The molecule has 0 fully saturated rings. The van der Waals surface area contributed by atoms with Crippen LogP contribution in [0.4, 0.5) is 14.9 Å². The Morgan fingerprint density at radius 2 is 1.75 bits per heavy atom. The van der Waals surface area contributed by atoms with E-state index in [2.05, 4.69) is 16.0 Å². The van der Waals surface area contributed by atoms with Gasteiger partial charge in [0, 0.05) is 31.3 Å². The molecule has 0 unspecified atom stereocenters. The summed E-state index contributed by atoms with van der Waals surface area (Å²) in [6, 6.07) is 12.9. The minimum absolute atomic E-state index is 0.130. The Kier molecular flexibility index (Phi) is 8.95. The summed E-state index contributed by atoms with van der Waals surface area (Å²) in [7, 11) is 0. The third-order valence-corrected chi connectivity index (χ3v) is 4.01. The highest BCUT2D eigenvalue weighted by Gasteiger charge is 2.15. The Bertz CT molecular complexity index is 966. The van der Waals surface area contributed by atoms with Gasteiger partial charge in [-0.2, -0.15) is 0 Å². The van der Waals surface area contributed by atoms with Crippen molar-refractivity contribution in [3.05, 3.63) is 71.6 Å². The van der Waals surface area contributed by atoms with Crippen molar-refractivity contribution in [1.29, 1.82) is 0 Å². The number of amides is 3. The lowest BCUT2D eigenvalue weighted by Crippen LogP contribution is -2.35. The van der Waals surface area contributed by atoms with Crippen LogP contribution in [0, 0.1) is 5.82 Å². The predicted octanol–water partition coefficient (Wildman–Crippen LogP) is 4.01. The van der Waals surface area contributed by atoms with Crippen LogP contribution < -0.4 is 16.0 Å². The van der Waals surface area contributed by atoms with Gasteiger partial charge in [0.2, 0.25) is 11.8 Å². The monoisotopic (exact) mass is 441 g/mol. The van der Waals surface area contributed by atoms with E-state index in [-0.39, 0.29) is 30.6 Å². The van der Waals surface area contributed by atoms with E-state index in [1.54, 1.807) is 57.2 Å². The predicted molar refractivity (Wildman–Crippen MR) is 121 cm³/mol. The number of carbonyl (C=O) groups excluding carboxylic acids is 3. The molecular formula is C24H28FN3O4. The lowest BCUT2D eigenvalue weighted by molar-refractivity contribution is -0.121. The molecule has 0 aliphatic carbocycles. The molecule has 0 aromatic heterocycles. The smallest absolute Gasteiger partial charge is 0.407 e. The fourth-order valence-corrected chi connectivity index (χ4v) is 2.55. The number of halogens is 1. The summed E-state index contributed by atoms with van der Waals surface area (Å²) < 4.78 is 18.3. The highest BCUT2D eigenvalue weighted by Crippen LogP contribution is 2.11. The highest BCUT2D eigenvalue weighted by molar-refractivity contribution is 6.01. The maximum absolute atomic E-state index is 13.2. The van der Waals surface area contributed by atoms with Gasteiger partial charge in [-0.25, -0.2) is 9.18 Å². The zero-order valence-electron chi connectivity index (χ0n) is 18.4. The molecule has 2 aromatic carbocycles. The number of rotatable bonds is 8. The van der Waals surface area contributed by atoms with E-state index in [0.29, 0.717) is 17.8 Å². The van der Waals surface area contributed by atoms with E-state index < -0.39 is 11.7 Å². The third-order valence-electron chi connectivity index (χ3n) is 4.01.